The van der Waals surface area contributed by atoms with Crippen molar-refractivity contribution in [3.63, 3.8) is 0 Å². The summed E-state index contributed by atoms with van der Waals surface area (Å²) in [5.74, 6) is -0.735. The summed E-state index contributed by atoms with van der Waals surface area (Å²) in [5.41, 5.74) is 0. The monoisotopic (exact) mass is 383 g/mol. The van der Waals surface area contributed by atoms with Crippen LogP contribution in [0, 0.1) is 5.82 Å². The number of halogens is 2. The quantitative estimate of drug-likeness (QED) is 0.649. The van der Waals surface area contributed by atoms with E-state index >= 15 is 0 Å². The van der Waals surface area contributed by atoms with E-state index < -0.39 is 39.6 Å². The van der Waals surface area contributed by atoms with Gasteiger partial charge >= 0.3 is 0 Å². The summed E-state index contributed by atoms with van der Waals surface area (Å²) in [5, 5.41) is 0.693. The van der Waals surface area contributed by atoms with Gasteiger partial charge in [-0.3, -0.25) is 0 Å². The molecule has 0 radical (unpaired) electrons. The van der Waals surface area contributed by atoms with Crippen molar-refractivity contribution in [1.29, 1.82) is 0 Å². The van der Waals surface area contributed by atoms with Gasteiger partial charge in [-0.1, -0.05) is 36.4 Å². The van der Waals surface area contributed by atoms with E-state index in [-0.39, 0.29) is 5.39 Å². The zero-order valence-corrected chi connectivity index (χ0v) is 14.1. The minimum absolute atomic E-state index is 0.182. The molecule has 0 aliphatic rings. The molecule has 3 aromatic rings. The van der Waals surface area contributed by atoms with E-state index in [1.165, 1.54) is 12.1 Å². The zero-order chi connectivity index (χ0) is 18.2. The number of benzene rings is 3. The van der Waals surface area contributed by atoms with Gasteiger partial charge in [0.25, 0.3) is 20.0 Å². The highest BCUT2D eigenvalue weighted by atomic mass is 32.3. The van der Waals surface area contributed by atoms with Crippen LogP contribution in [0.4, 0.5) is 8.87 Å². The molecule has 0 bridgehead atoms. The smallest absolute Gasteiger partial charge is 0.207 e. The highest BCUT2D eigenvalue weighted by Gasteiger charge is 2.38. The molecule has 0 aliphatic heterocycles. The summed E-state index contributed by atoms with van der Waals surface area (Å²) in [6.45, 7) is 0. The largest absolute Gasteiger partial charge is 0.284 e. The lowest BCUT2D eigenvalue weighted by atomic mass is 10.1. The minimum Gasteiger partial charge on any atom is -0.207 e. The molecule has 3 aromatic carbocycles. The molecule has 3 rings (SSSR count). The average Bonchev–Trinajstić information content (AvgIpc) is 2.60. The third kappa shape index (κ3) is 3.01. The van der Waals surface area contributed by atoms with E-state index in [1.807, 2.05) is 0 Å². The van der Waals surface area contributed by atoms with Gasteiger partial charge in [0.05, 0.1) is 13.7 Å². The summed E-state index contributed by atoms with van der Waals surface area (Å²) in [4.78, 5) is -1.17. The minimum atomic E-state index is -5.02. The van der Waals surface area contributed by atoms with Crippen molar-refractivity contribution in [1.82, 2.24) is 3.93 Å². The van der Waals surface area contributed by atoms with E-state index in [9.17, 15) is 25.7 Å². The molecule has 0 unspecified atom stereocenters. The summed E-state index contributed by atoms with van der Waals surface area (Å²) in [6.07, 6.45) is 0. The van der Waals surface area contributed by atoms with Crippen molar-refractivity contribution in [2.75, 3.05) is 0 Å². The first-order valence-electron chi connectivity index (χ1n) is 6.94. The molecule has 130 valence electrons. The van der Waals surface area contributed by atoms with Gasteiger partial charge < -0.3 is 0 Å². The van der Waals surface area contributed by atoms with Crippen molar-refractivity contribution in [2.45, 2.75) is 9.79 Å². The third-order valence-electron chi connectivity index (χ3n) is 3.52. The highest BCUT2D eigenvalue weighted by molar-refractivity contribution is 8.03. The van der Waals surface area contributed by atoms with E-state index in [1.54, 1.807) is 24.3 Å². The molecule has 5 nitrogen and oxygen atoms in total. The van der Waals surface area contributed by atoms with Gasteiger partial charge in [-0.25, -0.2) is 21.2 Å². The Morgan fingerprint density at radius 2 is 1.32 bits per heavy atom. The predicted molar refractivity (Wildman–Crippen MR) is 87.7 cm³/mol. The van der Waals surface area contributed by atoms with Crippen molar-refractivity contribution in [3.05, 3.63) is 72.5 Å². The lowest BCUT2D eigenvalue weighted by Gasteiger charge is -2.14. The molecule has 25 heavy (non-hydrogen) atoms. The van der Waals surface area contributed by atoms with Crippen molar-refractivity contribution < 1.29 is 25.7 Å². The Balaban J connectivity index is 2.14. The van der Waals surface area contributed by atoms with Gasteiger partial charge in [0.1, 0.15) is 5.82 Å². The predicted octanol–water partition coefficient (Wildman–Crippen LogP) is 3.24. The molecule has 0 saturated heterocycles. The Hall–Kier alpha value is -2.36. The number of nitrogens with zero attached hydrogens (tertiary/aromatic N) is 1. The fourth-order valence-electron chi connectivity index (χ4n) is 2.32. The maximum atomic E-state index is 14.5. The molecule has 0 amide bonds. The van der Waals surface area contributed by atoms with Gasteiger partial charge in [-0.2, -0.15) is 0 Å². The summed E-state index contributed by atoms with van der Waals surface area (Å²) >= 11 is 0. The van der Waals surface area contributed by atoms with E-state index in [0.717, 1.165) is 30.3 Å². The van der Waals surface area contributed by atoms with Gasteiger partial charge in [0, 0.05) is 5.39 Å². The van der Waals surface area contributed by atoms with Crippen LogP contribution < -0.4 is 0 Å². The molecule has 9 heteroatoms. The van der Waals surface area contributed by atoms with E-state index in [4.69, 9.17) is 0 Å². The van der Waals surface area contributed by atoms with Crippen LogP contribution in [0.5, 0.6) is 0 Å². The average molecular weight is 383 g/mol. The van der Waals surface area contributed by atoms with Crippen LogP contribution in [-0.4, -0.2) is 20.8 Å². The molecule has 0 aromatic heterocycles. The Morgan fingerprint density at radius 1 is 0.720 bits per heavy atom. The third-order valence-corrected chi connectivity index (χ3v) is 7.23. The summed E-state index contributed by atoms with van der Waals surface area (Å²) < 4.78 is 75.8. The molecular formula is C16H11F2NO4S2. The number of sulfonamides is 2. The van der Waals surface area contributed by atoms with Crippen molar-refractivity contribution in [2.24, 2.45) is 0 Å². The van der Waals surface area contributed by atoms with Gasteiger partial charge in [-0.15, -0.1) is 4.48 Å². The number of hydrogen-bond acceptors (Lipinski definition) is 4. The molecule has 0 fully saturated rings. The normalized spacial score (nSPS) is 12.6. The molecule has 0 atom stereocenters. The molecule has 0 heterocycles. The Kier molecular flexibility index (Phi) is 4.31. The first-order chi connectivity index (χ1) is 11.7. The molecule has 0 aliphatic carbocycles. The number of fused-ring (bicyclic) bond motifs is 1. The lowest BCUT2D eigenvalue weighted by molar-refractivity contribution is 0.250. The molecule has 0 spiro atoms. The summed E-state index contributed by atoms with van der Waals surface area (Å²) in [7, 11) is -10.0. The van der Waals surface area contributed by atoms with Gasteiger partial charge in [-0.05, 0) is 35.7 Å². The van der Waals surface area contributed by atoms with Gasteiger partial charge in [0.15, 0.2) is 0 Å². The summed E-state index contributed by atoms with van der Waals surface area (Å²) in [6, 6.07) is 13.6. The second-order valence-electron chi connectivity index (χ2n) is 5.09. The number of rotatable bonds is 4. The standard InChI is InChI=1S/C16H11F2NO4S2/c17-13-8-10-14(11-9-13)24(20,21)19(18)25(22,23)16-7-3-5-12-4-1-2-6-15(12)16/h1-11H. The van der Waals surface area contributed by atoms with Crippen LogP contribution in [0.15, 0.2) is 76.5 Å². The van der Waals surface area contributed by atoms with Crippen LogP contribution in [0.1, 0.15) is 0 Å². The number of hydrogen-bond donors (Lipinski definition) is 0. The van der Waals surface area contributed by atoms with Crippen LogP contribution in [0.25, 0.3) is 10.8 Å². The maximum Gasteiger partial charge on any atom is 0.284 e. The lowest BCUT2D eigenvalue weighted by Crippen LogP contribution is -2.30. The Labute approximate surface area is 143 Å². The highest BCUT2D eigenvalue weighted by Crippen LogP contribution is 2.29. The molecular weight excluding hydrogens is 372 g/mol. The topological polar surface area (TPSA) is 71.5 Å². The van der Waals surface area contributed by atoms with Crippen molar-refractivity contribution >= 4 is 30.8 Å². The first-order valence-corrected chi connectivity index (χ1v) is 9.82. The van der Waals surface area contributed by atoms with E-state index in [2.05, 4.69) is 0 Å². The fourth-order valence-corrected chi connectivity index (χ4v) is 5.36. The van der Waals surface area contributed by atoms with Crippen LogP contribution in [0.3, 0.4) is 0 Å². The van der Waals surface area contributed by atoms with Crippen LogP contribution in [-0.2, 0) is 20.0 Å². The second kappa shape index (κ2) is 6.17. The first kappa shape index (κ1) is 17.5. The molecule has 0 saturated carbocycles. The Bertz CT molecular complexity index is 1140. The maximum absolute atomic E-state index is 14.5. The zero-order valence-electron chi connectivity index (χ0n) is 12.5. The SMILES string of the molecule is O=S(=O)(c1ccc(F)cc1)N(F)S(=O)(=O)c1cccc2ccccc12. The van der Waals surface area contributed by atoms with Crippen molar-refractivity contribution in [3.8, 4) is 0 Å². The fraction of sp³-hybridized carbons (Fsp3) is 0. The van der Waals surface area contributed by atoms with Gasteiger partial charge in [0.2, 0.25) is 0 Å². The van der Waals surface area contributed by atoms with E-state index in [0.29, 0.717) is 5.39 Å². The second-order valence-corrected chi connectivity index (χ2v) is 8.78. The van der Waals surface area contributed by atoms with Crippen LogP contribution in [0.2, 0.25) is 0 Å². The Morgan fingerprint density at radius 3 is 2.00 bits per heavy atom. The van der Waals surface area contributed by atoms with Crippen LogP contribution >= 0.6 is 0 Å². The molecule has 0 N–H and O–H groups in total.